The molecule has 1 aliphatic carbocycles. The van der Waals surface area contributed by atoms with E-state index in [2.05, 4.69) is 38.1 Å². The molecule has 19 heavy (non-hydrogen) atoms. The van der Waals surface area contributed by atoms with E-state index in [1.165, 1.54) is 24.0 Å². The molecule has 2 saturated heterocycles. The van der Waals surface area contributed by atoms with Gasteiger partial charge in [-0.25, -0.2) is 0 Å². The van der Waals surface area contributed by atoms with Crippen LogP contribution in [0.2, 0.25) is 0 Å². The van der Waals surface area contributed by atoms with E-state index in [-0.39, 0.29) is 17.3 Å². The van der Waals surface area contributed by atoms with Crippen LogP contribution in [0.15, 0.2) is 24.3 Å². The van der Waals surface area contributed by atoms with Gasteiger partial charge >= 0.3 is 0 Å². The quantitative estimate of drug-likeness (QED) is 0.810. The maximum absolute atomic E-state index is 6.44. The SMILES string of the molecule is CCCC[C@@]12OC[C@@]3(C)C[C@@H](O1)c1ccccc1[C@H]32. The molecule has 2 nitrogen and oxygen atoms in total. The van der Waals surface area contributed by atoms with E-state index in [4.69, 9.17) is 9.47 Å². The van der Waals surface area contributed by atoms with Crippen molar-refractivity contribution in [2.75, 3.05) is 6.61 Å². The third kappa shape index (κ3) is 1.45. The second kappa shape index (κ2) is 3.83. The number of hydrogen-bond acceptors (Lipinski definition) is 2. The Bertz CT molecular complexity index is 512. The highest BCUT2D eigenvalue weighted by Gasteiger charge is 2.65. The molecule has 3 heterocycles. The van der Waals surface area contributed by atoms with Crippen molar-refractivity contribution in [2.45, 2.75) is 57.3 Å². The van der Waals surface area contributed by atoms with E-state index < -0.39 is 0 Å². The van der Waals surface area contributed by atoms with Crippen LogP contribution >= 0.6 is 0 Å². The summed E-state index contributed by atoms with van der Waals surface area (Å²) in [5.74, 6) is 0.0925. The van der Waals surface area contributed by atoms with Gasteiger partial charge in [0.05, 0.1) is 12.7 Å². The van der Waals surface area contributed by atoms with Crippen LogP contribution in [-0.2, 0) is 9.47 Å². The largest absolute Gasteiger partial charge is 0.349 e. The summed E-state index contributed by atoms with van der Waals surface area (Å²) >= 11 is 0. The van der Waals surface area contributed by atoms with Crippen molar-refractivity contribution in [1.29, 1.82) is 0 Å². The molecule has 0 N–H and O–H groups in total. The summed E-state index contributed by atoms with van der Waals surface area (Å²) in [4.78, 5) is 0. The molecule has 2 fully saturated rings. The second-order valence-corrected chi connectivity index (χ2v) is 6.73. The first-order chi connectivity index (χ1) is 9.19. The third-order valence-electron chi connectivity index (χ3n) is 5.31. The van der Waals surface area contributed by atoms with Gasteiger partial charge in [0.1, 0.15) is 0 Å². The monoisotopic (exact) mass is 258 g/mol. The molecule has 4 atom stereocenters. The Morgan fingerprint density at radius 3 is 2.84 bits per heavy atom. The minimum atomic E-state index is -0.331. The number of benzene rings is 1. The first kappa shape index (κ1) is 11.9. The zero-order chi connectivity index (χ0) is 13.1. The molecule has 0 saturated carbocycles. The first-order valence-corrected chi connectivity index (χ1v) is 7.59. The molecule has 5 rings (SSSR count). The predicted molar refractivity (Wildman–Crippen MR) is 73.9 cm³/mol. The summed E-state index contributed by atoms with van der Waals surface area (Å²) in [6.07, 6.45) is 4.77. The van der Waals surface area contributed by atoms with E-state index in [0.717, 1.165) is 19.4 Å². The highest BCUT2D eigenvalue weighted by Crippen LogP contribution is 2.67. The fourth-order valence-corrected chi connectivity index (χ4v) is 4.52. The molecule has 0 spiro atoms. The zero-order valence-corrected chi connectivity index (χ0v) is 11.8. The third-order valence-corrected chi connectivity index (χ3v) is 5.31. The fraction of sp³-hybridized carbons (Fsp3) is 0.647. The maximum atomic E-state index is 6.44. The summed E-state index contributed by atoms with van der Waals surface area (Å²) in [6, 6.07) is 8.83. The van der Waals surface area contributed by atoms with Crippen LogP contribution in [0.25, 0.3) is 0 Å². The molecule has 0 aromatic heterocycles. The highest BCUT2D eigenvalue weighted by atomic mass is 16.7. The maximum Gasteiger partial charge on any atom is 0.176 e. The van der Waals surface area contributed by atoms with Crippen LogP contribution in [-0.4, -0.2) is 12.4 Å². The van der Waals surface area contributed by atoms with Crippen LogP contribution in [0.1, 0.15) is 62.7 Å². The van der Waals surface area contributed by atoms with Crippen molar-refractivity contribution >= 4 is 0 Å². The number of rotatable bonds is 3. The van der Waals surface area contributed by atoms with Crippen LogP contribution in [0.5, 0.6) is 0 Å². The zero-order valence-electron chi connectivity index (χ0n) is 11.8. The predicted octanol–water partition coefficient (Wildman–Crippen LogP) is 4.17. The van der Waals surface area contributed by atoms with Gasteiger partial charge in [-0.05, 0) is 24.0 Å². The molecule has 1 aromatic carbocycles. The minimum Gasteiger partial charge on any atom is -0.349 e. The fourth-order valence-electron chi connectivity index (χ4n) is 4.52. The summed E-state index contributed by atoms with van der Waals surface area (Å²) < 4.78 is 12.7. The van der Waals surface area contributed by atoms with Gasteiger partial charge in [-0.1, -0.05) is 44.5 Å². The van der Waals surface area contributed by atoms with Crippen molar-refractivity contribution in [2.24, 2.45) is 5.41 Å². The standard InChI is InChI=1S/C17H22O2/c1-3-4-9-17-15-13-8-6-5-7-12(13)14(19-17)10-16(15,2)11-18-17/h5-8,14-15H,3-4,9-11H2,1-2H3/t14-,15-,16-,17-/m1/s1. The van der Waals surface area contributed by atoms with Gasteiger partial charge in [-0.3, -0.25) is 0 Å². The Labute approximate surface area is 115 Å². The smallest absolute Gasteiger partial charge is 0.176 e. The minimum absolute atomic E-state index is 0.241. The molecular formula is C17H22O2. The molecule has 2 heteroatoms. The van der Waals surface area contributed by atoms with Crippen LogP contribution in [0.4, 0.5) is 0 Å². The van der Waals surface area contributed by atoms with E-state index in [1.807, 2.05) is 0 Å². The summed E-state index contributed by atoms with van der Waals surface area (Å²) in [7, 11) is 0. The summed E-state index contributed by atoms with van der Waals surface area (Å²) in [5, 5.41) is 0. The Hall–Kier alpha value is -0.860. The lowest BCUT2D eigenvalue weighted by molar-refractivity contribution is -0.269. The van der Waals surface area contributed by atoms with Crippen molar-refractivity contribution < 1.29 is 9.47 Å². The molecular weight excluding hydrogens is 236 g/mol. The Morgan fingerprint density at radius 2 is 2.05 bits per heavy atom. The van der Waals surface area contributed by atoms with Crippen molar-refractivity contribution in [3.8, 4) is 0 Å². The average Bonchev–Trinajstić information content (AvgIpc) is 2.64. The van der Waals surface area contributed by atoms with Crippen LogP contribution in [0.3, 0.4) is 0 Å². The molecule has 4 aliphatic rings. The van der Waals surface area contributed by atoms with Gasteiger partial charge < -0.3 is 9.47 Å². The average molecular weight is 258 g/mol. The molecule has 102 valence electrons. The lowest BCUT2D eigenvalue weighted by atomic mass is 9.60. The van der Waals surface area contributed by atoms with Crippen LogP contribution < -0.4 is 0 Å². The number of unbranched alkanes of at least 4 members (excludes halogenated alkanes) is 1. The Kier molecular flexibility index (Phi) is 2.40. The molecule has 4 bridgehead atoms. The van der Waals surface area contributed by atoms with E-state index in [1.54, 1.807) is 0 Å². The van der Waals surface area contributed by atoms with Crippen molar-refractivity contribution in [1.82, 2.24) is 0 Å². The molecule has 0 radical (unpaired) electrons. The Morgan fingerprint density at radius 1 is 1.26 bits per heavy atom. The van der Waals surface area contributed by atoms with E-state index >= 15 is 0 Å². The molecule has 1 aromatic rings. The lowest BCUT2D eigenvalue weighted by Gasteiger charge is -2.53. The summed E-state index contributed by atoms with van der Waals surface area (Å²) in [6.45, 7) is 5.48. The van der Waals surface area contributed by atoms with E-state index in [0.29, 0.717) is 5.92 Å². The summed E-state index contributed by atoms with van der Waals surface area (Å²) in [5.41, 5.74) is 3.16. The van der Waals surface area contributed by atoms with E-state index in [9.17, 15) is 0 Å². The number of hydrogen-bond donors (Lipinski definition) is 0. The Balaban J connectivity index is 1.83. The van der Waals surface area contributed by atoms with Gasteiger partial charge in [0.15, 0.2) is 5.79 Å². The molecule has 3 aliphatic heterocycles. The first-order valence-electron chi connectivity index (χ1n) is 7.59. The number of ether oxygens (including phenoxy) is 2. The lowest BCUT2D eigenvalue weighted by Crippen LogP contribution is -2.50. The normalized spacial score (nSPS) is 42.4. The second-order valence-electron chi connectivity index (χ2n) is 6.73. The van der Waals surface area contributed by atoms with Crippen LogP contribution in [0, 0.1) is 5.41 Å². The highest BCUT2D eigenvalue weighted by molar-refractivity contribution is 5.42. The molecule has 0 unspecified atom stereocenters. The van der Waals surface area contributed by atoms with Gasteiger partial charge in [0, 0.05) is 17.8 Å². The van der Waals surface area contributed by atoms with Crippen molar-refractivity contribution in [3.63, 3.8) is 0 Å². The van der Waals surface area contributed by atoms with Crippen molar-refractivity contribution in [3.05, 3.63) is 35.4 Å². The van der Waals surface area contributed by atoms with Gasteiger partial charge in [-0.15, -0.1) is 0 Å². The van der Waals surface area contributed by atoms with Gasteiger partial charge in [0.25, 0.3) is 0 Å². The molecule has 0 amide bonds. The topological polar surface area (TPSA) is 18.5 Å². The van der Waals surface area contributed by atoms with Gasteiger partial charge in [0.2, 0.25) is 0 Å². The van der Waals surface area contributed by atoms with Gasteiger partial charge in [-0.2, -0.15) is 0 Å².